The van der Waals surface area contributed by atoms with Crippen LogP contribution in [0.4, 0.5) is 26.8 Å². The Kier molecular flexibility index (Phi) is 9.15. The Balaban J connectivity index is 1.43. The first-order valence-electron chi connectivity index (χ1n) is 13.8. The van der Waals surface area contributed by atoms with Gasteiger partial charge in [-0.1, -0.05) is 6.92 Å². The molecule has 3 atom stereocenters. The number of rotatable bonds is 8. The number of aromatic hydroxyl groups is 1. The van der Waals surface area contributed by atoms with Crippen LogP contribution in [0.5, 0.6) is 5.75 Å². The molecule has 13 nitrogen and oxygen atoms in total. The quantitative estimate of drug-likeness (QED) is 0.268. The van der Waals surface area contributed by atoms with Crippen LogP contribution in [0.15, 0.2) is 36.8 Å². The fraction of sp³-hybridized carbons (Fsp3) is 0.448. The third-order valence-corrected chi connectivity index (χ3v) is 8.08. The van der Waals surface area contributed by atoms with Crippen molar-refractivity contribution in [3.63, 3.8) is 0 Å². The molecular formula is C29H37N9O4. The highest BCUT2D eigenvalue weighted by Crippen LogP contribution is 2.36. The maximum Gasteiger partial charge on any atom is 0.329 e. The molecule has 2 aromatic heterocycles. The number of phenols is 1. The molecule has 13 heteroatoms. The molecule has 4 N–H and O–H groups in total. The number of nitrogens with one attached hydrogen (secondary N) is 1. The van der Waals surface area contributed by atoms with E-state index in [1.165, 1.54) is 38.9 Å². The van der Waals surface area contributed by atoms with Crippen molar-refractivity contribution in [2.75, 3.05) is 50.2 Å². The van der Waals surface area contributed by atoms with Crippen LogP contribution in [0.3, 0.4) is 0 Å². The predicted octanol–water partition coefficient (Wildman–Crippen LogP) is 3.51. The Morgan fingerprint density at radius 3 is 2.62 bits per heavy atom. The lowest BCUT2D eigenvalue weighted by Gasteiger charge is -2.40. The zero-order chi connectivity index (χ0) is 30.6. The van der Waals surface area contributed by atoms with E-state index >= 15 is 0 Å². The van der Waals surface area contributed by atoms with E-state index in [1.807, 2.05) is 13.1 Å². The van der Waals surface area contributed by atoms with Crippen LogP contribution in [0.25, 0.3) is 11.0 Å². The number of benzene rings is 1. The molecule has 2 heterocycles. The SMILES string of the molecule is C[C@@H]1CCC(C(=O)CC#N)C[C@@H]1N(C)c1ncnc2c1ccn2C(=O)N(C)CCN(C)C(=O)Nc1cc(O)ccc1N. The van der Waals surface area contributed by atoms with Gasteiger partial charge in [-0.25, -0.2) is 19.6 Å². The summed E-state index contributed by atoms with van der Waals surface area (Å²) in [4.78, 5) is 52.3. The number of nitrogen functional groups attached to an aromatic ring is 1. The van der Waals surface area contributed by atoms with Crippen molar-refractivity contribution in [2.24, 2.45) is 11.8 Å². The van der Waals surface area contributed by atoms with Crippen molar-refractivity contribution in [1.29, 1.82) is 5.26 Å². The fourth-order valence-corrected chi connectivity index (χ4v) is 5.43. The summed E-state index contributed by atoms with van der Waals surface area (Å²) in [6.45, 7) is 2.64. The highest BCUT2D eigenvalue weighted by atomic mass is 16.3. The minimum Gasteiger partial charge on any atom is -0.508 e. The molecule has 3 aromatic rings. The molecule has 0 bridgehead atoms. The summed E-state index contributed by atoms with van der Waals surface area (Å²) in [5, 5.41) is 22.0. The smallest absolute Gasteiger partial charge is 0.329 e. The number of Topliss-reactive ketones (excluding diaryl/α,β-unsaturated/α-hetero) is 1. The lowest BCUT2D eigenvalue weighted by molar-refractivity contribution is -0.123. The number of fused-ring (bicyclic) bond motifs is 1. The number of carbonyl (C=O) groups is 3. The molecule has 0 radical (unpaired) electrons. The van der Waals surface area contributed by atoms with E-state index in [0.717, 1.165) is 12.8 Å². The van der Waals surface area contributed by atoms with Gasteiger partial charge in [0.05, 0.1) is 29.3 Å². The molecule has 0 aliphatic heterocycles. The number of hydrogen-bond donors (Lipinski definition) is 3. The van der Waals surface area contributed by atoms with Crippen molar-refractivity contribution in [1.82, 2.24) is 24.3 Å². The summed E-state index contributed by atoms with van der Waals surface area (Å²) in [5.41, 5.74) is 6.93. The third kappa shape index (κ3) is 6.38. The maximum atomic E-state index is 13.4. The summed E-state index contributed by atoms with van der Waals surface area (Å²) in [6, 6.07) is 7.35. The lowest BCUT2D eigenvalue weighted by Crippen LogP contribution is -2.43. The van der Waals surface area contributed by atoms with Crippen LogP contribution in [0.2, 0.25) is 0 Å². The van der Waals surface area contributed by atoms with Gasteiger partial charge < -0.3 is 30.9 Å². The van der Waals surface area contributed by atoms with Gasteiger partial charge in [0.1, 0.15) is 23.7 Å². The Hall–Kier alpha value is -4.86. The zero-order valence-corrected chi connectivity index (χ0v) is 24.3. The highest BCUT2D eigenvalue weighted by molar-refractivity contribution is 5.95. The molecule has 42 heavy (non-hydrogen) atoms. The Morgan fingerprint density at radius 2 is 1.88 bits per heavy atom. The Labute approximate surface area is 244 Å². The number of likely N-dealkylation sites (N-methyl/N-ethyl adjacent to an activating group) is 2. The van der Waals surface area contributed by atoms with E-state index in [4.69, 9.17) is 11.0 Å². The number of amides is 3. The molecule has 222 valence electrons. The molecule has 1 saturated carbocycles. The standard InChI is InChI=1S/C29H37N9O4/c1-18-5-6-19(25(40)9-11-30)15-24(18)37(4)26-21-10-12-38(27(21)33-17-32-26)29(42)36(3)14-13-35(2)28(41)34-23-16-20(39)7-8-22(23)31/h7-8,10,12,16-19,24,39H,5-6,9,13-15,31H2,1-4H3,(H,34,41)/t18-,19?,24+/m1/s1. The van der Waals surface area contributed by atoms with Gasteiger partial charge in [-0.05, 0) is 43.4 Å². The van der Waals surface area contributed by atoms with Gasteiger partial charge in [0.25, 0.3) is 0 Å². The number of urea groups is 1. The van der Waals surface area contributed by atoms with Gasteiger partial charge >= 0.3 is 12.1 Å². The molecule has 0 saturated heterocycles. The first kappa shape index (κ1) is 30.1. The maximum absolute atomic E-state index is 13.4. The molecule has 0 spiro atoms. The van der Waals surface area contributed by atoms with E-state index in [2.05, 4.69) is 27.1 Å². The van der Waals surface area contributed by atoms with E-state index in [9.17, 15) is 19.5 Å². The van der Waals surface area contributed by atoms with Crippen LogP contribution in [-0.4, -0.2) is 87.6 Å². The Bertz CT molecular complexity index is 1510. The number of phenolic OH excluding ortho intramolecular Hbond substituents is 1. The number of nitriles is 1. The van der Waals surface area contributed by atoms with Gasteiger partial charge in [0.2, 0.25) is 0 Å². The van der Waals surface area contributed by atoms with E-state index in [0.29, 0.717) is 40.6 Å². The highest BCUT2D eigenvalue weighted by Gasteiger charge is 2.35. The molecular weight excluding hydrogens is 538 g/mol. The van der Waals surface area contributed by atoms with Crippen molar-refractivity contribution in [2.45, 2.75) is 38.6 Å². The molecule has 1 aliphatic carbocycles. The van der Waals surface area contributed by atoms with Crippen molar-refractivity contribution in [3.8, 4) is 11.8 Å². The average molecular weight is 576 g/mol. The van der Waals surface area contributed by atoms with E-state index in [-0.39, 0.29) is 49.0 Å². The predicted molar refractivity (Wildman–Crippen MR) is 159 cm³/mol. The number of ketones is 1. The molecule has 1 aromatic carbocycles. The fourth-order valence-electron chi connectivity index (χ4n) is 5.43. The summed E-state index contributed by atoms with van der Waals surface area (Å²) in [7, 11) is 5.18. The van der Waals surface area contributed by atoms with Gasteiger partial charge in [0, 0.05) is 58.5 Å². The number of carbonyl (C=O) groups excluding carboxylic acids is 3. The van der Waals surface area contributed by atoms with Crippen molar-refractivity contribution < 1.29 is 19.5 Å². The molecule has 1 unspecified atom stereocenters. The number of aromatic nitrogens is 3. The van der Waals surface area contributed by atoms with Gasteiger partial charge in [0.15, 0.2) is 5.65 Å². The van der Waals surface area contributed by atoms with E-state index in [1.54, 1.807) is 26.4 Å². The summed E-state index contributed by atoms with van der Waals surface area (Å²) >= 11 is 0. The van der Waals surface area contributed by atoms with Crippen LogP contribution >= 0.6 is 0 Å². The number of nitrogens with zero attached hydrogens (tertiary/aromatic N) is 7. The zero-order valence-electron chi connectivity index (χ0n) is 24.3. The van der Waals surface area contributed by atoms with Gasteiger partial charge in [-0.3, -0.25) is 9.36 Å². The third-order valence-electron chi connectivity index (χ3n) is 8.08. The van der Waals surface area contributed by atoms with Crippen molar-refractivity contribution in [3.05, 3.63) is 36.8 Å². The largest absolute Gasteiger partial charge is 0.508 e. The molecule has 4 rings (SSSR count). The minimum absolute atomic E-state index is 0.0120. The normalized spacial score (nSPS) is 18.2. The number of hydrogen-bond acceptors (Lipinski definition) is 9. The monoisotopic (exact) mass is 575 g/mol. The molecule has 1 fully saturated rings. The van der Waals surface area contributed by atoms with Crippen LogP contribution in [0.1, 0.15) is 32.6 Å². The van der Waals surface area contributed by atoms with Crippen molar-refractivity contribution >= 4 is 46.1 Å². The van der Waals surface area contributed by atoms with Gasteiger partial charge in [-0.2, -0.15) is 5.26 Å². The molecule has 1 aliphatic rings. The summed E-state index contributed by atoms with van der Waals surface area (Å²) in [6.07, 6.45) is 5.31. The van der Waals surface area contributed by atoms with Crippen LogP contribution in [0, 0.1) is 23.2 Å². The average Bonchev–Trinajstić information content (AvgIpc) is 3.41. The lowest BCUT2D eigenvalue weighted by atomic mass is 9.76. The number of nitrogens with two attached hydrogens (primary N) is 1. The van der Waals surface area contributed by atoms with E-state index < -0.39 is 6.03 Å². The minimum atomic E-state index is -0.437. The van der Waals surface area contributed by atoms with Crippen LogP contribution in [-0.2, 0) is 4.79 Å². The second-order valence-electron chi connectivity index (χ2n) is 10.9. The summed E-state index contributed by atoms with van der Waals surface area (Å²) < 4.78 is 1.45. The summed E-state index contributed by atoms with van der Waals surface area (Å²) in [5.74, 6) is 0.805. The molecule has 3 amide bonds. The second kappa shape index (κ2) is 12.8. The first-order chi connectivity index (χ1) is 20.0. The first-order valence-corrected chi connectivity index (χ1v) is 13.8. The van der Waals surface area contributed by atoms with Crippen LogP contribution < -0.4 is 16.0 Å². The Morgan fingerprint density at radius 1 is 1.14 bits per heavy atom. The van der Waals surface area contributed by atoms with Gasteiger partial charge in [-0.15, -0.1) is 0 Å². The second-order valence-corrected chi connectivity index (χ2v) is 10.9. The topological polar surface area (TPSA) is 174 Å². The number of anilines is 3.